The molecule has 4 rings (SSSR count). The third kappa shape index (κ3) is 4.83. The van der Waals surface area contributed by atoms with Gasteiger partial charge in [0, 0.05) is 31.6 Å². The molecule has 1 aromatic carbocycles. The van der Waals surface area contributed by atoms with Crippen molar-refractivity contribution >= 4 is 17.3 Å². The SMILES string of the molecule is C[C@H]1[C@H](C)CCC[C@@H]1NC(=O)C1CCC(CNc2c(N3CCCCC3)c(=O)c2=O)CC1. The van der Waals surface area contributed by atoms with Gasteiger partial charge in [-0.2, -0.15) is 0 Å². The van der Waals surface area contributed by atoms with Crippen molar-refractivity contribution in [3.8, 4) is 0 Å². The lowest BCUT2D eigenvalue weighted by atomic mass is 9.77. The van der Waals surface area contributed by atoms with Crippen molar-refractivity contribution in [2.75, 3.05) is 29.9 Å². The van der Waals surface area contributed by atoms with E-state index in [-0.39, 0.29) is 22.7 Å². The molecule has 1 amide bonds. The standard InChI is InChI=1S/C25H39N3O3/c1-16-7-6-8-20(17(16)2)27-25(31)19-11-9-18(10-12-19)15-26-21-22(24(30)23(21)29)28-13-4-3-5-14-28/h16-20,26H,3-15H2,1-2H3,(H,27,31)/t16-,17+,18?,19?,20+/m1/s1. The van der Waals surface area contributed by atoms with Crippen LogP contribution in [0.3, 0.4) is 0 Å². The summed E-state index contributed by atoms with van der Waals surface area (Å²) in [6, 6.07) is 0.331. The number of hydrogen-bond acceptors (Lipinski definition) is 5. The third-order valence-corrected chi connectivity index (χ3v) is 8.38. The highest BCUT2D eigenvalue weighted by Gasteiger charge is 2.33. The Kier molecular flexibility index (Phi) is 7.02. The van der Waals surface area contributed by atoms with E-state index in [2.05, 4.69) is 29.4 Å². The topological polar surface area (TPSA) is 78.5 Å². The fourth-order valence-electron chi connectivity index (χ4n) is 5.92. The van der Waals surface area contributed by atoms with E-state index in [1.807, 2.05) is 0 Å². The van der Waals surface area contributed by atoms with Crippen LogP contribution in [0.25, 0.3) is 0 Å². The molecule has 3 atom stereocenters. The summed E-state index contributed by atoms with van der Waals surface area (Å²) in [5.74, 6) is 2.06. The highest BCUT2D eigenvalue weighted by molar-refractivity contribution is 5.79. The molecule has 3 fully saturated rings. The molecule has 2 N–H and O–H groups in total. The average Bonchev–Trinajstić information content (AvgIpc) is 2.80. The average molecular weight is 430 g/mol. The van der Waals surface area contributed by atoms with Gasteiger partial charge in [0.05, 0.1) is 0 Å². The van der Waals surface area contributed by atoms with Crippen LogP contribution in [0.1, 0.15) is 78.1 Å². The van der Waals surface area contributed by atoms with Gasteiger partial charge in [0.25, 0.3) is 10.9 Å². The van der Waals surface area contributed by atoms with Crippen molar-refractivity contribution in [1.82, 2.24) is 5.32 Å². The zero-order valence-electron chi connectivity index (χ0n) is 19.3. The number of hydrogen-bond donors (Lipinski definition) is 2. The van der Waals surface area contributed by atoms with E-state index < -0.39 is 0 Å². The summed E-state index contributed by atoms with van der Waals surface area (Å²) in [6.07, 6.45) is 10.8. The molecule has 1 saturated heterocycles. The van der Waals surface area contributed by atoms with Gasteiger partial charge < -0.3 is 15.5 Å². The van der Waals surface area contributed by atoms with Gasteiger partial charge in [-0.15, -0.1) is 0 Å². The highest BCUT2D eigenvalue weighted by atomic mass is 16.2. The molecule has 1 aliphatic heterocycles. The Bertz CT molecular complexity index is 830. The molecular formula is C25H39N3O3. The summed E-state index contributed by atoms with van der Waals surface area (Å²) < 4.78 is 0. The van der Waals surface area contributed by atoms with Gasteiger partial charge in [-0.25, -0.2) is 0 Å². The van der Waals surface area contributed by atoms with E-state index in [1.165, 1.54) is 19.3 Å². The summed E-state index contributed by atoms with van der Waals surface area (Å²) in [6.45, 7) is 7.04. The molecule has 0 aromatic heterocycles. The predicted molar refractivity (Wildman–Crippen MR) is 125 cm³/mol. The number of carbonyl (C=O) groups is 1. The lowest BCUT2D eigenvalue weighted by Crippen LogP contribution is -2.46. The van der Waals surface area contributed by atoms with Gasteiger partial charge >= 0.3 is 0 Å². The molecular weight excluding hydrogens is 390 g/mol. The Labute approximate surface area is 185 Å². The summed E-state index contributed by atoms with van der Waals surface area (Å²) >= 11 is 0. The second-order valence-electron chi connectivity index (χ2n) is 10.4. The van der Waals surface area contributed by atoms with Gasteiger partial charge in [0.1, 0.15) is 11.4 Å². The molecule has 2 aliphatic carbocycles. The first-order valence-electron chi connectivity index (χ1n) is 12.6. The first-order chi connectivity index (χ1) is 15.0. The lowest BCUT2D eigenvalue weighted by Gasteiger charge is -2.36. The number of carbonyl (C=O) groups excluding carboxylic acids is 1. The van der Waals surface area contributed by atoms with Crippen molar-refractivity contribution in [3.63, 3.8) is 0 Å². The van der Waals surface area contributed by atoms with Crippen molar-refractivity contribution in [3.05, 3.63) is 20.4 Å². The smallest absolute Gasteiger partial charge is 0.253 e. The minimum atomic E-state index is -0.357. The summed E-state index contributed by atoms with van der Waals surface area (Å²) in [7, 11) is 0. The molecule has 6 heteroatoms. The summed E-state index contributed by atoms with van der Waals surface area (Å²) in [5, 5.41) is 6.66. The lowest BCUT2D eigenvalue weighted by molar-refractivity contribution is -0.127. The molecule has 2 saturated carbocycles. The maximum atomic E-state index is 12.8. The molecule has 6 nitrogen and oxygen atoms in total. The second kappa shape index (κ2) is 9.74. The first kappa shape index (κ1) is 22.3. The molecule has 0 bridgehead atoms. The molecule has 1 heterocycles. The predicted octanol–water partition coefficient (Wildman–Crippen LogP) is 3.43. The van der Waals surface area contributed by atoms with Crippen LogP contribution in [0.2, 0.25) is 0 Å². The maximum Gasteiger partial charge on any atom is 0.253 e. The van der Waals surface area contributed by atoms with Gasteiger partial charge in [-0.1, -0.05) is 26.7 Å². The van der Waals surface area contributed by atoms with Crippen LogP contribution in [0.15, 0.2) is 9.59 Å². The van der Waals surface area contributed by atoms with E-state index in [0.29, 0.717) is 35.2 Å². The number of piperidine rings is 1. The van der Waals surface area contributed by atoms with Crippen molar-refractivity contribution in [2.24, 2.45) is 23.7 Å². The Balaban J connectivity index is 1.24. The van der Waals surface area contributed by atoms with Crippen molar-refractivity contribution < 1.29 is 4.79 Å². The monoisotopic (exact) mass is 429 g/mol. The Morgan fingerprint density at radius 2 is 1.61 bits per heavy atom. The van der Waals surface area contributed by atoms with Crippen LogP contribution >= 0.6 is 0 Å². The van der Waals surface area contributed by atoms with E-state index in [4.69, 9.17) is 0 Å². The normalized spacial score (nSPS) is 32.1. The Morgan fingerprint density at radius 1 is 0.903 bits per heavy atom. The molecule has 3 aliphatic rings. The third-order valence-electron chi connectivity index (χ3n) is 8.38. The fraction of sp³-hybridized carbons (Fsp3) is 0.800. The van der Waals surface area contributed by atoms with E-state index >= 15 is 0 Å². The van der Waals surface area contributed by atoms with E-state index in [1.54, 1.807) is 0 Å². The number of amides is 1. The van der Waals surface area contributed by atoms with Crippen molar-refractivity contribution in [2.45, 2.75) is 84.1 Å². The Morgan fingerprint density at radius 3 is 2.32 bits per heavy atom. The van der Waals surface area contributed by atoms with Crippen LogP contribution in [-0.4, -0.2) is 31.6 Å². The zero-order chi connectivity index (χ0) is 22.0. The number of nitrogens with zero attached hydrogens (tertiary/aromatic N) is 1. The van der Waals surface area contributed by atoms with Gasteiger partial charge in [-0.05, 0) is 69.1 Å². The van der Waals surface area contributed by atoms with Crippen molar-refractivity contribution in [1.29, 1.82) is 0 Å². The van der Waals surface area contributed by atoms with Crippen LogP contribution in [0.5, 0.6) is 0 Å². The minimum absolute atomic E-state index is 0.121. The molecule has 0 unspecified atom stereocenters. The fourth-order valence-corrected chi connectivity index (χ4v) is 5.92. The molecule has 1 aromatic rings. The summed E-state index contributed by atoms with van der Waals surface area (Å²) in [4.78, 5) is 39.1. The van der Waals surface area contributed by atoms with Gasteiger partial charge in [0.2, 0.25) is 5.91 Å². The van der Waals surface area contributed by atoms with Gasteiger partial charge in [0.15, 0.2) is 0 Å². The number of rotatable bonds is 6. The second-order valence-corrected chi connectivity index (χ2v) is 10.4. The zero-order valence-corrected chi connectivity index (χ0v) is 19.3. The maximum absolute atomic E-state index is 12.8. The van der Waals surface area contributed by atoms with Crippen LogP contribution in [-0.2, 0) is 4.79 Å². The van der Waals surface area contributed by atoms with E-state index in [9.17, 15) is 14.4 Å². The largest absolute Gasteiger partial charge is 0.380 e. The molecule has 31 heavy (non-hydrogen) atoms. The number of anilines is 2. The van der Waals surface area contributed by atoms with E-state index in [0.717, 1.165) is 64.6 Å². The van der Waals surface area contributed by atoms with Crippen LogP contribution in [0, 0.1) is 23.7 Å². The van der Waals surface area contributed by atoms with Crippen LogP contribution in [0.4, 0.5) is 11.4 Å². The number of nitrogens with one attached hydrogen (secondary N) is 2. The van der Waals surface area contributed by atoms with Gasteiger partial charge in [-0.3, -0.25) is 14.4 Å². The highest BCUT2D eigenvalue weighted by Crippen LogP contribution is 2.33. The van der Waals surface area contributed by atoms with Crippen LogP contribution < -0.4 is 26.4 Å². The minimum Gasteiger partial charge on any atom is -0.380 e. The molecule has 0 radical (unpaired) electrons. The molecule has 0 spiro atoms. The first-order valence-corrected chi connectivity index (χ1v) is 12.6. The Hall–Kier alpha value is -1.85. The molecule has 172 valence electrons. The quantitative estimate of drug-likeness (QED) is 0.678. The summed E-state index contributed by atoms with van der Waals surface area (Å²) in [5.41, 5.74) is 0.473.